The largest absolute Gasteiger partial charge is 0.374 e. The van der Waals surface area contributed by atoms with Crippen LogP contribution in [-0.4, -0.2) is 67.0 Å². The first-order valence-electron chi connectivity index (χ1n) is 10.5. The SMILES string of the molecule is C#CCOCC1CC(NC(=O)CSc2nc3ccc(NC(=O)C4CNC(=O)C4)cc3s2)CO1. The topological polar surface area (TPSA) is 119 Å². The summed E-state index contributed by atoms with van der Waals surface area (Å²) in [7, 11) is 0. The van der Waals surface area contributed by atoms with Gasteiger partial charge in [-0.25, -0.2) is 4.98 Å². The lowest BCUT2D eigenvalue weighted by Gasteiger charge is -2.10. The second-order valence-corrected chi connectivity index (χ2v) is 10.1. The molecule has 3 N–H and O–H groups in total. The minimum atomic E-state index is -0.352. The molecule has 2 saturated heterocycles. The second-order valence-electron chi connectivity index (χ2n) is 7.82. The Morgan fingerprint density at radius 2 is 2.30 bits per heavy atom. The number of hydrogen-bond donors (Lipinski definition) is 3. The minimum absolute atomic E-state index is 0.0376. The van der Waals surface area contributed by atoms with Crippen LogP contribution in [-0.2, 0) is 23.9 Å². The Hall–Kier alpha value is -2.65. The van der Waals surface area contributed by atoms with Crippen molar-refractivity contribution < 1.29 is 23.9 Å². The Bertz CT molecular complexity index is 1080. The van der Waals surface area contributed by atoms with Crippen molar-refractivity contribution in [1.29, 1.82) is 0 Å². The number of rotatable bonds is 9. The lowest BCUT2D eigenvalue weighted by molar-refractivity contribution is -0.123. The predicted molar refractivity (Wildman–Crippen MR) is 126 cm³/mol. The Morgan fingerprint density at radius 3 is 3.09 bits per heavy atom. The van der Waals surface area contributed by atoms with Crippen LogP contribution in [0.1, 0.15) is 12.8 Å². The molecule has 3 amide bonds. The second kappa shape index (κ2) is 11.0. The fraction of sp³-hybridized carbons (Fsp3) is 0.455. The van der Waals surface area contributed by atoms with E-state index < -0.39 is 0 Å². The standard InChI is InChI=1S/C22H24N4O5S2/c1-2-5-30-11-16-7-15(10-31-16)24-20(28)12-32-22-26-17-4-3-14(8-18(17)33-22)25-21(29)13-6-19(27)23-9-13/h1,3-4,8,13,15-16H,5-7,9-12H2,(H,23,27)(H,24,28)(H,25,29). The van der Waals surface area contributed by atoms with Crippen molar-refractivity contribution in [2.24, 2.45) is 5.92 Å². The molecule has 33 heavy (non-hydrogen) atoms. The smallest absolute Gasteiger partial charge is 0.230 e. The first kappa shape index (κ1) is 23.5. The lowest BCUT2D eigenvalue weighted by atomic mass is 10.1. The number of fused-ring (bicyclic) bond motifs is 1. The van der Waals surface area contributed by atoms with Gasteiger partial charge >= 0.3 is 0 Å². The van der Waals surface area contributed by atoms with E-state index >= 15 is 0 Å². The van der Waals surface area contributed by atoms with Crippen molar-refractivity contribution in [3.63, 3.8) is 0 Å². The van der Waals surface area contributed by atoms with E-state index in [0.29, 0.717) is 31.9 Å². The fourth-order valence-electron chi connectivity index (χ4n) is 3.65. The summed E-state index contributed by atoms with van der Waals surface area (Å²) < 4.78 is 12.6. The molecule has 9 nitrogen and oxygen atoms in total. The van der Waals surface area contributed by atoms with Gasteiger partial charge < -0.3 is 25.4 Å². The zero-order valence-electron chi connectivity index (χ0n) is 17.8. The highest BCUT2D eigenvalue weighted by Crippen LogP contribution is 2.31. The molecule has 2 aliphatic rings. The molecule has 0 radical (unpaired) electrons. The van der Waals surface area contributed by atoms with Gasteiger partial charge in [-0.15, -0.1) is 17.8 Å². The first-order chi connectivity index (χ1) is 16.0. The molecule has 3 unspecified atom stereocenters. The molecule has 1 aromatic heterocycles. The van der Waals surface area contributed by atoms with Crippen LogP contribution in [0.2, 0.25) is 0 Å². The molecular weight excluding hydrogens is 464 g/mol. The van der Waals surface area contributed by atoms with Crippen molar-refractivity contribution in [3.8, 4) is 12.3 Å². The first-order valence-corrected chi connectivity index (χ1v) is 12.3. The van der Waals surface area contributed by atoms with Crippen molar-refractivity contribution >= 4 is 56.7 Å². The summed E-state index contributed by atoms with van der Waals surface area (Å²) in [6, 6.07) is 5.44. The third-order valence-electron chi connectivity index (χ3n) is 5.25. The highest BCUT2D eigenvalue weighted by Gasteiger charge is 2.28. The van der Waals surface area contributed by atoms with E-state index in [1.54, 1.807) is 6.07 Å². The van der Waals surface area contributed by atoms with Gasteiger partial charge in [-0.05, 0) is 24.6 Å². The van der Waals surface area contributed by atoms with Gasteiger partial charge in [0.25, 0.3) is 0 Å². The van der Waals surface area contributed by atoms with E-state index in [1.807, 2.05) is 12.1 Å². The van der Waals surface area contributed by atoms with Crippen molar-refractivity contribution in [1.82, 2.24) is 15.6 Å². The Labute approximate surface area is 199 Å². The van der Waals surface area contributed by atoms with E-state index in [4.69, 9.17) is 15.9 Å². The van der Waals surface area contributed by atoms with Gasteiger partial charge in [0.2, 0.25) is 17.7 Å². The van der Waals surface area contributed by atoms with E-state index in [1.165, 1.54) is 23.1 Å². The van der Waals surface area contributed by atoms with Gasteiger partial charge in [-0.2, -0.15) is 0 Å². The van der Waals surface area contributed by atoms with Crippen LogP contribution in [0.25, 0.3) is 10.2 Å². The lowest BCUT2D eigenvalue weighted by Crippen LogP contribution is -2.36. The van der Waals surface area contributed by atoms with Crippen molar-refractivity contribution in [2.75, 3.05) is 37.4 Å². The zero-order valence-corrected chi connectivity index (χ0v) is 19.4. The number of thiazole rings is 1. The number of benzene rings is 1. The van der Waals surface area contributed by atoms with Crippen LogP contribution < -0.4 is 16.0 Å². The Balaban J connectivity index is 1.24. The monoisotopic (exact) mass is 488 g/mol. The summed E-state index contributed by atoms with van der Waals surface area (Å²) in [5.41, 5.74) is 1.46. The maximum absolute atomic E-state index is 12.3. The van der Waals surface area contributed by atoms with Crippen molar-refractivity contribution in [2.45, 2.75) is 29.3 Å². The molecule has 0 spiro atoms. The maximum Gasteiger partial charge on any atom is 0.230 e. The number of carbonyl (C=O) groups is 3. The van der Waals surface area contributed by atoms with Crippen LogP contribution in [0.4, 0.5) is 5.69 Å². The number of nitrogens with one attached hydrogen (secondary N) is 3. The predicted octanol–water partition coefficient (Wildman–Crippen LogP) is 1.39. The van der Waals surface area contributed by atoms with Gasteiger partial charge in [0.1, 0.15) is 6.61 Å². The van der Waals surface area contributed by atoms with E-state index in [2.05, 4.69) is 26.9 Å². The van der Waals surface area contributed by atoms with E-state index in [9.17, 15) is 14.4 Å². The molecule has 3 atom stereocenters. The Morgan fingerprint density at radius 1 is 1.42 bits per heavy atom. The van der Waals surface area contributed by atoms with Crippen LogP contribution in [0.5, 0.6) is 0 Å². The summed E-state index contributed by atoms with van der Waals surface area (Å²) >= 11 is 2.83. The highest BCUT2D eigenvalue weighted by molar-refractivity contribution is 8.01. The molecule has 11 heteroatoms. The van der Waals surface area contributed by atoms with Crippen LogP contribution in [0.3, 0.4) is 0 Å². The molecule has 2 fully saturated rings. The van der Waals surface area contributed by atoms with Gasteiger partial charge in [-0.1, -0.05) is 17.7 Å². The molecule has 1 aromatic carbocycles. The molecule has 3 heterocycles. The average Bonchev–Trinajstić information content (AvgIpc) is 3.52. The van der Waals surface area contributed by atoms with Crippen molar-refractivity contribution in [3.05, 3.63) is 18.2 Å². The minimum Gasteiger partial charge on any atom is -0.374 e. The van der Waals surface area contributed by atoms with Gasteiger partial charge in [0, 0.05) is 18.7 Å². The number of nitrogens with zero attached hydrogens (tertiary/aromatic N) is 1. The van der Waals surface area contributed by atoms with Crippen LogP contribution in [0.15, 0.2) is 22.5 Å². The molecule has 4 rings (SSSR count). The number of amides is 3. The summed E-state index contributed by atoms with van der Waals surface area (Å²) in [6.07, 6.45) is 6.01. The molecular formula is C22H24N4O5S2. The summed E-state index contributed by atoms with van der Waals surface area (Å²) in [5, 5.41) is 8.51. The molecule has 0 saturated carbocycles. The Kier molecular flexibility index (Phi) is 7.82. The quantitative estimate of drug-likeness (QED) is 0.277. The van der Waals surface area contributed by atoms with Crippen LogP contribution in [0, 0.1) is 18.3 Å². The molecule has 0 aliphatic carbocycles. The van der Waals surface area contributed by atoms with E-state index in [0.717, 1.165) is 14.6 Å². The van der Waals surface area contributed by atoms with Gasteiger partial charge in [-0.3, -0.25) is 14.4 Å². The number of thioether (sulfide) groups is 1. The fourth-order valence-corrected chi connectivity index (χ4v) is 5.57. The number of terminal acetylenes is 1. The molecule has 0 bridgehead atoms. The summed E-state index contributed by atoms with van der Waals surface area (Å²) in [5.74, 6) is 1.95. The van der Waals surface area contributed by atoms with Crippen LogP contribution >= 0.6 is 23.1 Å². The third-order valence-corrected chi connectivity index (χ3v) is 7.41. The summed E-state index contributed by atoms with van der Waals surface area (Å²) in [4.78, 5) is 40.5. The highest BCUT2D eigenvalue weighted by atomic mass is 32.2. The summed E-state index contributed by atoms with van der Waals surface area (Å²) in [6.45, 7) is 1.50. The number of hydrogen-bond acceptors (Lipinski definition) is 8. The van der Waals surface area contributed by atoms with Gasteiger partial charge in [0.15, 0.2) is 4.34 Å². The third kappa shape index (κ3) is 6.45. The molecule has 2 aliphatic heterocycles. The average molecular weight is 489 g/mol. The maximum atomic E-state index is 12.3. The zero-order chi connectivity index (χ0) is 23.2. The number of carbonyl (C=O) groups excluding carboxylic acids is 3. The van der Waals surface area contributed by atoms with Gasteiger partial charge in [0.05, 0.1) is 47.2 Å². The molecule has 2 aromatic rings. The number of ether oxygens (including phenoxy) is 2. The number of anilines is 1. The normalized spacial score (nSPS) is 22.2. The number of aromatic nitrogens is 1. The molecule has 174 valence electrons. The van der Waals surface area contributed by atoms with E-state index in [-0.39, 0.29) is 54.6 Å².